The molecule has 0 saturated carbocycles. The third-order valence-electron chi connectivity index (χ3n) is 7.27. The normalized spacial score (nSPS) is 20.7. The van der Waals surface area contributed by atoms with E-state index in [1.807, 2.05) is 4.90 Å². The molecule has 0 aliphatic carbocycles. The van der Waals surface area contributed by atoms with Crippen molar-refractivity contribution in [3.8, 4) is 0 Å². The molecule has 14 heteroatoms. The van der Waals surface area contributed by atoms with Crippen LogP contribution in [0.2, 0.25) is 0 Å². The van der Waals surface area contributed by atoms with Gasteiger partial charge in [0.05, 0.1) is 36.7 Å². The van der Waals surface area contributed by atoms with Gasteiger partial charge in [0.15, 0.2) is 5.82 Å². The summed E-state index contributed by atoms with van der Waals surface area (Å²) < 4.78 is 126. The summed E-state index contributed by atoms with van der Waals surface area (Å²) >= 11 is 0. The maximum Gasteiger partial charge on any atom is 0.401 e. The maximum absolute atomic E-state index is 15.6. The maximum atomic E-state index is 15.6. The van der Waals surface area contributed by atoms with Crippen molar-refractivity contribution in [2.24, 2.45) is 0 Å². The average Bonchev–Trinajstić information content (AvgIpc) is 2.83. The van der Waals surface area contributed by atoms with Crippen LogP contribution >= 0.6 is 0 Å². The molecule has 1 fully saturated rings. The van der Waals surface area contributed by atoms with Crippen LogP contribution in [-0.2, 0) is 16.4 Å². The van der Waals surface area contributed by atoms with Gasteiger partial charge in [0.2, 0.25) is 10.0 Å². The molecule has 2 aromatic rings. The number of likely N-dealkylation sites (tertiary alicyclic amines) is 1. The van der Waals surface area contributed by atoms with Gasteiger partial charge in [-0.2, -0.15) is 13.2 Å². The lowest BCUT2D eigenvalue weighted by molar-refractivity contribution is -0.155. The molecule has 222 valence electrons. The highest BCUT2D eigenvalue weighted by Gasteiger charge is 2.43. The van der Waals surface area contributed by atoms with E-state index < -0.39 is 70.2 Å². The van der Waals surface area contributed by atoms with Gasteiger partial charge in [-0.25, -0.2) is 21.6 Å². The van der Waals surface area contributed by atoms with E-state index in [1.54, 1.807) is 0 Å². The Morgan fingerprint density at radius 1 is 1.07 bits per heavy atom. The molecule has 2 unspecified atom stereocenters. The largest absolute Gasteiger partial charge is 0.401 e. The minimum atomic E-state index is -4.72. The van der Waals surface area contributed by atoms with Crippen LogP contribution in [0.4, 0.5) is 42.1 Å². The molecular formula is C26H31F7N4O2S. The van der Waals surface area contributed by atoms with Crippen LogP contribution in [0.25, 0.3) is 0 Å². The zero-order chi connectivity index (χ0) is 29.4. The van der Waals surface area contributed by atoms with Crippen LogP contribution in [0, 0.1) is 17.5 Å². The second kappa shape index (κ2) is 11.7. The Morgan fingerprint density at radius 3 is 2.30 bits per heavy atom. The zero-order valence-electron chi connectivity index (χ0n) is 22.0. The van der Waals surface area contributed by atoms with Gasteiger partial charge in [0.1, 0.15) is 11.6 Å². The Labute approximate surface area is 228 Å². The van der Waals surface area contributed by atoms with Gasteiger partial charge in [-0.1, -0.05) is 6.07 Å². The molecule has 2 N–H and O–H groups in total. The predicted octanol–water partition coefficient (Wildman–Crippen LogP) is 5.22. The summed E-state index contributed by atoms with van der Waals surface area (Å²) in [6.45, 7) is 2.44. The number of alkyl halides is 4. The first-order chi connectivity index (χ1) is 18.7. The third-order valence-corrected chi connectivity index (χ3v) is 8.56. The van der Waals surface area contributed by atoms with Crippen LogP contribution < -0.4 is 10.0 Å². The number of hydrogen-bond donors (Lipinski definition) is 2. The quantitative estimate of drug-likeness (QED) is 0.369. The number of sulfonamides is 1. The number of rotatable bonds is 10. The Kier molecular flexibility index (Phi) is 8.91. The lowest BCUT2D eigenvalue weighted by Crippen LogP contribution is -2.54. The van der Waals surface area contributed by atoms with Crippen LogP contribution in [0.15, 0.2) is 24.3 Å². The lowest BCUT2D eigenvalue weighted by atomic mass is 9.84. The van der Waals surface area contributed by atoms with Gasteiger partial charge in [-0.05, 0) is 56.0 Å². The van der Waals surface area contributed by atoms with Gasteiger partial charge in [-0.15, -0.1) is 0 Å². The summed E-state index contributed by atoms with van der Waals surface area (Å²) in [6.07, 6.45) is -4.57. The number of benzene rings is 2. The van der Waals surface area contributed by atoms with Crippen molar-refractivity contribution in [3.63, 3.8) is 0 Å². The molecule has 40 heavy (non-hydrogen) atoms. The SMILES string of the molecule is CCS(=O)(=O)Nc1ccc2c(c1F)CC(C)N(CC(F)(F)F)C2c1c(F)cc(NC2CN(CCCF)C2)cc1F. The number of hydrogen-bond acceptors (Lipinski definition) is 5. The Hall–Kier alpha value is -2.58. The van der Waals surface area contributed by atoms with Gasteiger partial charge in [-0.3, -0.25) is 18.9 Å². The third kappa shape index (κ3) is 6.65. The molecule has 1 saturated heterocycles. The first-order valence-electron chi connectivity index (χ1n) is 12.9. The van der Waals surface area contributed by atoms with Crippen molar-refractivity contribution >= 4 is 21.4 Å². The molecule has 0 aromatic heterocycles. The fourth-order valence-corrected chi connectivity index (χ4v) is 5.97. The molecular weight excluding hydrogens is 565 g/mol. The number of nitrogens with zero attached hydrogens (tertiary/aromatic N) is 2. The number of fused-ring (bicyclic) bond motifs is 1. The van der Waals surface area contributed by atoms with Gasteiger partial charge in [0.25, 0.3) is 0 Å². The lowest BCUT2D eigenvalue weighted by Gasteiger charge is -2.43. The van der Waals surface area contributed by atoms with Crippen molar-refractivity contribution in [1.82, 2.24) is 9.80 Å². The fourth-order valence-electron chi connectivity index (χ4n) is 5.33. The fraction of sp³-hybridized carbons (Fsp3) is 0.538. The van der Waals surface area contributed by atoms with Crippen LogP contribution in [-0.4, -0.2) is 75.1 Å². The Morgan fingerprint density at radius 2 is 1.73 bits per heavy atom. The van der Waals surface area contributed by atoms with Crippen LogP contribution in [0.5, 0.6) is 0 Å². The highest BCUT2D eigenvalue weighted by Crippen LogP contribution is 2.44. The predicted molar refractivity (Wildman–Crippen MR) is 138 cm³/mol. The van der Waals surface area contributed by atoms with E-state index in [0.29, 0.717) is 26.1 Å². The van der Waals surface area contributed by atoms with Crippen molar-refractivity contribution in [3.05, 3.63) is 58.4 Å². The topological polar surface area (TPSA) is 64.7 Å². The van der Waals surface area contributed by atoms with E-state index in [-0.39, 0.29) is 35.0 Å². The Bertz CT molecular complexity index is 1310. The molecule has 0 spiro atoms. The highest BCUT2D eigenvalue weighted by atomic mass is 32.2. The van der Waals surface area contributed by atoms with Crippen molar-refractivity contribution in [1.29, 1.82) is 0 Å². The van der Waals surface area contributed by atoms with E-state index in [1.165, 1.54) is 19.9 Å². The smallest absolute Gasteiger partial charge is 0.380 e. The van der Waals surface area contributed by atoms with Gasteiger partial charge >= 0.3 is 6.18 Å². The summed E-state index contributed by atoms with van der Waals surface area (Å²) in [5.41, 5.74) is -1.16. The molecule has 4 rings (SSSR count). The Balaban J connectivity index is 1.71. The van der Waals surface area contributed by atoms with E-state index in [4.69, 9.17) is 0 Å². The van der Waals surface area contributed by atoms with Gasteiger partial charge in [0, 0.05) is 36.9 Å². The van der Waals surface area contributed by atoms with Crippen molar-refractivity contribution in [2.45, 2.75) is 51.0 Å². The van der Waals surface area contributed by atoms with Crippen molar-refractivity contribution < 1.29 is 39.2 Å². The van der Waals surface area contributed by atoms with Crippen LogP contribution in [0.1, 0.15) is 43.0 Å². The molecule has 2 aliphatic heterocycles. The first-order valence-corrected chi connectivity index (χ1v) is 14.6. The molecule has 0 bridgehead atoms. The van der Waals surface area contributed by atoms with E-state index in [2.05, 4.69) is 10.0 Å². The molecule has 6 nitrogen and oxygen atoms in total. The summed E-state index contributed by atoms with van der Waals surface area (Å²) in [7, 11) is -3.87. The standard InChI is InChI=1S/C26H31F7N4O2S/c1-3-40(38,39)35-22-6-5-18-19(24(22)30)9-15(2)37(14-26(31,32)33)25(18)23-20(28)10-16(11-21(23)29)34-17-12-36(13-17)8-4-7-27/h5-6,10-11,15,17,25,34-35H,3-4,7-9,12-14H2,1-2H3. The molecule has 2 heterocycles. The second-order valence-corrected chi connectivity index (χ2v) is 12.3. The molecule has 0 amide bonds. The average molecular weight is 597 g/mol. The van der Waals surface area contributed by atoms with Gasteiger partial charge < -0.3 is 5.32 Å². The second-order valence-electron chi connectivity index (χ2n) is 10.2. The summed E-state index contributed by atoms with van der Waals surface area (Å²) in [4.78, 5) is 2.85. The molecule has 2 aliphatic rings. The molecule has 2 atom stereocenters. The van der Waals surface area contributed by atoms with E-state index in [0.717, 1.165) is 23.1 Å². The summed E-state index contributed by atoms with van der Waals surface area (Å²) in [5, 5.41) is 2.98. The van der Waals surface area contributed by atoms with E-state index in [9.17, 15) is 26.0 Å². The highest BCUT2D eigenvalue weighted by molar-refractivity contribution is 7.92. The van der Waals surface area contributed by atoms with Crippen molar-refractivity contribution in [2.75, 3.05) is 48.6 Å². The number of anilines is 2. The minimum Gasteiger partial charge on any atom is -0.380 e. The monoisotopic (exact) mass is 596 g/mol. The molecule has 2 aromatic carbocycles. The first kappa shape index (κ1) is 30.4. The zero-order valence-corrected chi connectivity index (χ0v) is 22.8. The number of nitrogens with one attached hydrogen (secondary N) is 2. The summed E-state index contributed by atoms with van der Waals surface area (Å²) in [6, 6.07) is 1.49. The molecule has 0 radical (unpaired) electrons. The van der Waals surface area contributed by atoms with E-state index >= 15 is 13.2 Å². The van der Waals surface area contributed by atoms with Crippen LogP contribution in [0.3, 0.4) is 0 Å². The minimum absolute atomic E-state index is 0.0831. The summed E-state index contributed by atoms with van der Waals surface area (Å²) in [5.74, 6) is -3.55. The number of halogens is 7.